The predicted octanol–water partition coefficient (Wildman–Crippen LogP) is 1.83. The molecule has 0 saturated carbocycles. The summed E-state index contributed by atoms with van der Waals surface area (Å²) in [7, 11) is 1.33. The second-order valence-electron chi connectivity index (χ2n) is 12.0. The van der Waals surface area contributed by atoms with Crippen LogP contribution in [0, 0.1) is 0 Å². The molecule has 0 spiro atoms. The fourth-order valence-electron chi connectivity index (χ4n) is 6.76. The zero-order valence-electron chi connectivity index (χ0n) is 25.2. The number of rotatable bonds is 8. The number of methoxy groups -OCH3 is 1. The Balaban J connectivity index is 1.40. The van der Waals surface area contributed by atoms with Gasteiger partial charge in [0.25, 0.3) is 0 Å². The number of aromatic hydroxyl groups is 2. The highest BCUT2D eigenvalue weighted by atomic mass is 16.7. The quantitative estimate of drug-likeness (QED) is 0.155. The van der Waals surface area contributed by atoms with Gasteiger partial charge in [-0.1, -0.05) is 42.5 Å². The number of ether oxygens (including phenoxy) is 3. The molecule has 0 amide bonds. The van der Waals surface area contributed by atoms with Gasteiger partial charge in [0.15, 0.2) is 17.9 Å². The van der Waals surface area contributed by atoms with Gasteiger partial charge in [-0.2, -0.15) is 0 Å². The molecule has 1 unspecified atom stereocenters. The second-order valence-corrected chi connectivity index (χ2v) is 12.0. The maximum absolute atomic E-state index is 13.8. The Morgan fingerprint density at radius 1 is 1.02 bits per heavy atom. The third-order valence-electron chi connectivity index (χ3n) is 9.17. The minimum Gasteiger partial charge on any atom is -0.507 e. The molecule has 242 valence electrons. The fourth-order valence-corrected chi connectivity index (χ4v) is 6.76. The number of nitrogens with one attached hydrogen (secondary N) is 1. The van der Waals surface area contributed by atoms with E-state index in [4.69, 9.17) is 14.2 Å². The van der Waals surface area contributed by atoms with Crippen LogP contribution in [-0.2, 0) is 27.2 Å². The lowest BCUT2D eigenvalue weighted by Crippen LogP contribution is -2.54. The SMILES string of the molecule is COc1cccc2c1C(=O)c1c(O)c3c(c(O)c1C2=O)C[C@@](O)(C(=O)CO)CC3O[C@H]1C[C@H](NCc2ccccc2)[C@H](O)[C@H](C)O1. The summed E-state index contributed by atoms with van der Waals surface area (Å²) in [6.07, 6.45) is -4.90. The molecule has 0 aromatic heterocycles. The van der Waals surface area contributed by atoms with Crippen molar-refractivity contribution in [2.45, 2.75) is 69.0 Å². The summed E-state index contributed by atoms with van der Waals surface area (Å²) in [5.41, 5.74) is -2.59. The molecule has 3 aromatic rings. The molecular weight excluding hydrogens is 598 g/mol. The fraction of sp³-hybridized carbons (Fsp3) is 0.382. The van der Waals surface area contributed by atoms with Gasteiger partial charge in [-0.15, -0.1) is 0 Å². The normalized spacial score (nSPS) is 27.0. The molecule has 1 fully saturated rings. The minimum absolute atomic E-state index is 0.0472. The zero-order valence-corrected chi connectivity index (χ0v) is 25.2. The molecule has 12 nitrogen and oxygen atoms in total. The van der Waals surface area contributed by atoms with Crippen molar-refractivity contribution in [3.05, 3.63) is 87.5 Å². The number of carbonyl (C=O) groups is 3. The van der Waals surface area contributed by atoms with Crippen molar-refractivity contribution in [1.82, 2.24) is 5.32 Å². The highest BCUT2D eigenvalue weighted by Crippen LogP contribution is 2.52. The van der Waals surface area contributed by atoms with Crippen LogP contribution in [-0.4, -0.2) is 86.7 Å². The first kappa shape index (κ1) is 31.8. The first-order valence-electron chi connectivity index (χ1n) is 15.0. The van der Waals surface area contributed by atoms with Crippen LogP contribution in [0.25, 0.3) is 0 Å². The van der Waals surface area contributed by atoms with Crippen molar-refractivity contribution in [3.63, 3.8) is 0 Å². The maximum Gasteiger partial charge on any atom is 0.202 e. The van der Waals surface area contributed by atoms with E-state index in [9.17, 15) is 39.9 Å². The van der Waals surface area contributed by atoms with Gasteiger partial charge in [0, 0.05) is 48.5 Å². The first-order valence-corrected chi connectivity index (χ1v) is 15.0. The van der Waals surface area contributed by atoms with E-state index in [2.05, 4.69) is 5.32 Å². The third-order valence-corrected chi connectivity index (χ3v) is 9.17. The Bertz CT molecular complexity index is 1710. The number of hydrogen-bond donors (Lipinski definition) is 6. The standard InChI is InChI=1S/C34H35NO11/c1-16-29(38)20(35-14-17-7-4-3-5-8-17)11-24(45-16)46-22-13-34(43,23(37)15-36)12-19-26(22)33(42)28-27(31(19)40)30(39)18-9-6-10-21(44-2)25(18)32(28)41/h3-10,16,20,22,24,29,35-36,38,40,42-43H,11-15H2,1-2H3/t16-,20-,22?,24-,29+,34-/m0/s1. The molecule has 46 heavy (non-hydrogen) atoms. The lowest BCUT2D eigenvalue weighted by molar-refractivity contribution is -0.250. The summed E-state index contributed by atoms with van der Waals surface area (Å²) in [5, 5.41) is 58.5. The number of phenols is 2. The zero-order chi connectivity index (χ0) is 32.9. The number of aliphatic hydroxyl groups is 3. The second kappa shape index (κ2) is 12.2. The van der Waals surface area contributed by atoms with Gasteiger partial charge in [-0.25, -0.2) is 0 Å². The Labute approximate surface area is 264 Å². The molecule has 0 radical (unpaired) electrons. The summed E-state index contributed by atoms with van der Waals surface area (Å²) < 4.78 is 17.5. The molecule has 1 saturated heterocycles. The van der Waals surface area contributed by atoms with Crippen LogP contribution in [0.5, 0.6) is 17.2 Å². The van der Waals surface area contributed by atoms with Crippen molar-refractivity contribution in [2.75, 3.05) is 13.7 Å². The van der Waals surface area contributed by atoms with E-state index in [1.165, 1.54) is 25.3 Å². The molecule has 6 N–H and O–H groups in total. The van der Waals surface area contributed by atoms with E-state index >= 15 is 0 Å². The molecule has 3 aromatic carbocycles. The van der Waals surface area contributed by atoms with Crippen LogP contribution >= 0.6 is 0 Å². The van der Waals surface area contributed by atoms with Crippen LogP contribution in [0.1, 0.15) is 74.4 Å². The van der Waals surface area contributed by atoms with E-state index in [1.807, 2.05) is 30.3 Å². The molecule has 6 atom stereocenters. The van der Waals surface area contributed by atoms with Crippen molar-refractivity contribution >= 4 is 17.3 Å². The number of phenolic OH excluding ortho intramolecular Hbond substituents is 2. The number of Topliss-reactive ketones (excluding diaryl/α,β-unsaturated/α-hetero) is 1. The highest BCUT2D eigenvalue weighted by Gasteiger charge is 2.50. The average Bonchev–Trinajstić information content (AvgIpc) is 3.05. The van der Waals surface area contributed by atoms with Gasteiger partial charge in [0.2, 0.25) is 5.78 Å². The topological polar surface area (TPSA) is 192 Å². The monoisotopic (exact) mass is 633 g/mol. The number of aliphatic hydroxyl groups excluding tert-OH is 2. The minimum atomic E-state index is -2.25. The number of carbonyl (C=O) groups excluding carboxylic acids is 3. The predicted molar refractivity (Wildman–Crippen MR) is 161 cm³/mol. The molecule has 1 heterocycles. The smallest absolute Gasteiger partial charge is 0.202 e. The molecule has 1 aliphatic heterocycles. The summed E-state index contributed by atoms with van der Waals surface area (Å²) >= 11 is 0. The number of fused-ring (bicyclic) bond motifs is 3. The number of ketones is 3. The molecule has 2 aliphatic carbocycles. The maximum atomic E-state index is 13.8. The van der Waals surface area contributed by atoms with Crippen LogP contribution in [0.4, 0.5) is 0 Å². The highest BCUT2D eigenvalue weighted by molar-refractivity contribution is 6.31. The lowest BCUT2D eigenvalue weighted by atomic mass is 9.72. The van der Waals surface area contributed by atoms with Gasteiger partial charge in [-0.05, 0) is 18.6 Å². The van der Waals surface area contributed by atoms with E-state index in [1.54, 1.807) is 6.92 Å². The van der Waals surface area contributed by atoms with E-state index < -0.39 is 95.7 Å². The summed E-state index contributed by atoms with van der Waals surface area (Å²) in [5.74, 6) is -3.72. The summed E-state index contributed by atoms with van der Waals surface area (Å²) in [6, 6.07) is 13.5. The van der Waals surface area contributed by atoms with Gasteiger partial charge < -0.3 is 45.1 Å². The Morgan fingerprint density at radius 3 is 2.43 bits per heavy atom. The van der Waals surface area contributed by atoms with Crippen molar-refractivity contribution in [3.8, 4) is 17.2 Å². The van der Waals surface area contributed by atoms with Crippen LogP contribution in [0.15, 0.2) is 48.5 Å². The Morgan fingerprint density at radius 2 is 1.74 bits per heavy atom. The molecule has 3 aliphatic rings. The van der Waals surface area contributed by atoms with Gasteiger partial charge in [-0.3, -0.25) is 14.4 Å². The molecular formula is C34H35NO11. The van der Waals surface area contributed by atoms with Crippen LogP contribution < -0.4 is 10.1 Å². The Kier molecular flexibility index (Phi) is 8.44. The van der Waals surface area contributed by atoms with Crippen molar-refractivity contribution < 1.29 is 54.1 Å². The Hall–Kier alpha value is -4.17. The van der Waals surface area contributed by atoms with E-state index in [-0.39, 0.29) is 34.4 Å². The number of hydrogen-bond acceptors (Lipinski definition) is 12. The van der Waals surface area contributed by atoms with E-state index in [0.29, 0.717) is 6.54 Å². The summed E-state index contributed by atoms with van der Waals surface area (Å²) in [6.45, 7) is 1.09. The van der Waals surface area contributed by atoms with Crippen molar-refractivity contribution in [1.29, 1.82) is 0 Å². The van der Waals surface area contributed by atoms with Crippen LogP contribution in [0.2, 0.25) is 0 Å². The first-order chi connectivity index (χ1) is 22.0. The number of benzene rings is 3. The lowest BCUT2D eigenvalue weighted by Gasteiger charge is -2.43. The third kappa shape index (κ3) is 5.26. The molecule has 6 rings (SSSR count). The average molecular weight is 634 g/mol. The van der Waals surface area contributed by atoms with Crippen LogP contribution in [0.3, 0.4) is 0 Å². The van der Waals surface area contributed by atoms with Gasteiger partial charge >= 0.3 is 0 Å². The van der Waals surface area contributed by atoms with Gasteiger partial charge in [0.1, 0.15) is 29.5 Å². The van der Waals surface area contributed by atoms with Gasteiger partial charge in [0.05, 0.1) is 42.1 Å². The molecule has 0 bridgehead atoms. The molecule has 12 heteroatoms. The van der Waals surface area contributed by atoms with Crippen molar-refractivity contribution in [2.24, 2.45) is 0 Å². The van der Waals surface area contributed by atoms with E-state index in [0.717, 1.165) is 5.56 Å². The summed E-state index contributed by atoms with van der Waals surface area (Å²) in [4.78, 5) is 40.3. The largest absolute Gasteiger partial charge is 0.507 e.